The number of aromatic nitrogens is 1. The van der Waals surface area contributed by atoms with Gasteiger partial charge in [-0.15, -0.1) is 11.3 Å². The first-order valence-electron chi connectivity index (χ1n) is 10.1. The van der Waals surface area contributed by atoms with E-state index in [-0.39, 0.29) is 11.6 Å². The molecule has 30 heavy (non-hydrogen) atoms. The maximum absolute atomic E-state index is 13.4. The van der Waals surface area contributed by atoms with Gasteiger partial charge in [-0.25, -0.2) is 9.07 Å². The van der Waals surface area contributed by atoms with Crippen molar-refractivity contribution in [2.45, 2.75) is 38.1 Å². The molecule has 7 heteroatoms. The lowest BCUT2D eigenvalue weighted by molar-refractivity contribution is 0.373. The Labute approximate surface area is 178 Å². The van der Waals surface area contributed by atoms with Crippen molar-refractivity contribution in [1.29, 1.82) is 0 Å². The predicted octanol–water partition coefficient (Wildman–Crippen LogP) is 5.19. The van der Waals surface area contributed by atoms with Crippen LogP contribution in [0.25, 0.3) is 11.3 Å². The van der Waals surface area contributed by atoms with Crippen molar-refractivity contribution < 1.29 is 14.2 Å². The van der Waals surface area contributed by atoms with E-state index in [1.54, 1.807) is 35.2 Å². The van der Waals surface area contributed by atoms with Gasteiger partial charge in [-0.1, -0.05) is 19.3 Å². The van der Waals surface area contributed by atoms with E-state index in [1.807, 2.05) is 11.4 Å². The van der Waals surface area contributed by atoms with E-state index in [9.17, 15) is 9.50 Å². The van der Waals surface area contributed by atoms with Crippen LogP contribution in [0.1, 0.15) is 37.7 Å². The molecule has 1 heterocycles. The molecule has 0 spiro atoms. The topological polar surface area (TPSA) is 59.1 Å². The van der Waals surface area contributed by atoms with E-state index in [1.165, 1.54) is 49.8 Å². The number of benzene rings is 2. The van der Waals surface area contributed by atoms with Gasteiger partial charge in [0, 0.05) is 10.9 Å². The van der Waals surface area contributed by atoms with Gasteiger partial charge in [-0.3, -0.25) is 4.99 Å². The summed E-state index contributed by atoms with van der Waals surface area (Å²) in [6.45, 7) is 0. The van der Waals surface area contributed by atoms with Crippen LogP contribution in [-0.2, 0) is 0 Å². The molecule has 3 aromatic rings. The van der Waals surface area contributed by atoms with Crippen molar-refractivity contribution in [3.8, 4) is 22.8 Å². The van der Waals surface area contributed by atoms with Gasteiger partial charge in [0.1, 0.15) is 5.82 Å². The lowest BCUT2D eigenvalue weighted by atomic mass is 9.96. The molecule has 0 bridgehead atoms. The number of aromatic hydroxyl groups is 1. The highest BCUT2D eigenvalue weighted by molar-refractivity contribution is 7.07. The summed E-state index contributed by atoms with van der Waals surface area (Å²) in [7, 11) is 1.51. The number of hydrogen-bond acceptors (Lipinski definition) is 5. The van der Waals surface area contributed by atoms with Gasteiger partial charge in [0.2, 0.25) is 4.80 Å². The van der Waals surface area contributed by atoms with Crippen molar-refractivity contribution in [2.24, 2.45) is 10.1 Å². The summed E-state index contributed by atoms with van der Waals surface area (Å²) in [5.74, 6) is 0.197. The van der Waals surface area contributed by atoms with Gasteiger partial charge >= 0.3 is 0 Å². The highest BCUT2D eigenvalue weighted by atomic mass is 32.1. The zero-order valence-corrected chi connectivity index (χ0v) is 17.6. The van der Waals surface area contributed by atoms with Crippen LogP contribution in [-0.4, -0.2) is 29.1 Å². The molecular weight excluding hydrogens is 401 g/mol. The number of ether oxygens (including phenoxy) is 1. The first kappa shape index (κ1) is 20.3. The molecule has 4 rings (SSSR count). The van der Waals surface area contributed by atoms with E-state index in [4.69, 9.17) is 9.73 Å². The molecule has 0 unspecified atom stereocenters. The summed E-state index contributed by atoms with van der Waals surface area (Å²) < 4.78 is 20.3. The largest absolute Gasteiger partial charge is 0.504 e. The summed E-state index contributed by atoms with van der Waals surface area (Å²) in [5, 5.41) is 16.7. The summed E-state index contributed by atoms with van der Waals surface area (Å²) in [4.78, 5) is 5.78. The minimum absolute atomic E-state index is 0.0580. The van der Waals surface area contributed by atoms with Crippen molar-refractivity contribution >= 4 is 17.6 Å². The Morgan fingerprint density at radius 1 is 1.13 bits per heavy atom. The maximum atomic E-state index is 13.4. The zero-order valence-electron chi connectivity index (χ0n) is 16.8. The molecule has 0 radical (unpaired) electrons. The first-order chi connectivity index (χ1) is 14.6. The molecule has 0 amide bonds. The SMILES string of the molecule is COc1ccc(C=Nn2c(-c3ccc(F)cc3)csc2=NC2CCCCC2)cc1O. The van der Waals surface area contributed by atoms with Crippen LogP contribution in [0.5, 0.6) is 11.5 Å². The van der Waals surface area contributed by atoms with Crippen molar-refractivity contribution in [1.82, 2.24) is 4.68 Å². The Balaban J connectivity index is 1.74. The van der Waals surface area contributed by atoms with E-state index in [0.717, 1.165) is 34.5 Å². The van der Waals surface area contributed by atoms with Crippen LogP contribution < -0.4 is 9.54 Å². The summed E-state index contributed by atoms with van der Waals surface area (Å²) in [6.07, 6.45) is 7.56. The third kappa shape index (κ3) is 4.62. The number of nitrogens with zero attached hydrogens (tertiary/aromatic N) is 3. The summed E-state index contributed by atoms with van der Waals surface area (Å²) >= 11 is 1.53. The molecule has 2 aromatic carbocycles. The van der Waals surface area contributed by atoms with Crippen LogP contribution in [0.2, 0.25) is 0 Å². The minimum Gasteiger partial charge on any atom is -0.504 e. The Kier molecular flexibility index (Phi) is 6.28. The fourth-order valence-electron chi connectivity index (χ4n) is 3.60. The van der Waals surface area contributed by atoms with E-state index in [2.05, 4.69) is 5.10 Å². The van der Waals surface area contributed by atoms with Gasteiger partial charge in [0.05, 0.1) is 25.1 Å². The second kappa shape index (κ2) is 9.26. The average Bonchev–Trinajstić information content (AvgIpc) is 3.16. The fourth-order valence-corrected chi connectivity index (χ4v) is 4.51. The number of rotatable bonds is 5. The van der Waals surface area contributed by atoms with Crippen molar-refractivity contribution in [2.75, 3.05) is 7.11 Å². The maximum Gasteiger partial charge on any atom is 0.206 e. The lowest BCUT2D eigenvalue weighted by Gasteiger charge is -2.16. The molecule has 0 atom stereocenters. The second-order valence-corrected chi connectivity index (χ2v) is 8.16. The van der Waals surface area contributed by atoms with Crippen LogP contribution in [0.4, 0.5) is 4.39 Å². The van der Waals surface area contributed by atoms with E-state index in [0.29, 0.717) is 11.8 Å². The monoisotopic (exact) mass is 425 g/mol. The minimum atomic E-state index is -0.273. The van der Waals surface area contributed by atoms with Gasteiger partial charge < -0.3 is 9.84 Å². The van der Waals surface area contributed by atoms with Crippen LogP contribution >= 0.6 is 11.3 Å². The van der Waals surface area contributed by atoms with E-state index < -0.39 is 0 Å². The second-order valence-electron chi connectivity index (χ2n) is 7.32. The molecule has 0 aliphatic heterocycles. The molecule has 156 valence electrons. The van der Waals surface area contributed by atoms with E-state index >= 15 is 0 Å². The normalized spacial score (nSPS) is 15.7. The fraction of sp³-hybridized carbons (Fsp3) is 0.304. The third-order valence-corrected chi connectivity index (χ3v) is 6.05. The Hall–Kier alpha value is -2.93. The number of hydrogen-bond donors (Lipinski definition) is 1. The van der Waals surface area contributed by atoms with Crippen molar-refractivity contribution in [3.63, 3.8) is 0 Å². The number of halogens is 1. The lowest BCUT2D eigenvalue weighted by Crippen LogP contribution is -2.19. The highest BCUT2D eigenvalue weighted by Crippen LogP contribution is 2.26. The van der Waals surface area contributed by atoms with Gasteiger partial charge in [0.25, 0.3) is 0 Å². The third-order valence-electron chi connectivity index (χ3n) is 5.22. The smallest absolute Gasteiger partial charge is 0.206 e. The van der Waals surface area contributed by atoms with Gasteiger partial charge in [-0.05, 0) is 60.9 Å². The molecule has 5 nitrogen and oxygen atoms in total. The number of phenols is 1. The van der Waals surface area contributed by atoms with Crippen LogP contribution in [0.15, 0.2) is 57.9 Å². The number of methoxy groups -OCH3 is 1. The molecule has 1 saturated carbocycles. The molecule has 1 aliphatic carbocycles. The molecule has 1 aliphatic rings. The molecule has 1 N–H and O–H groups in total. The first-order valence-corrected chi connectivity index (χ1v) is 10.9. The summed E-state index contributed by atoms with van der Waals surface area (Å²) in [5.41, 5.74) is 2.46. The summed E-state index contributed by atoms with van der Waals surface area (Å²) in [6, 6.07) is 11.8. The number of thiazole rings is 1. The van der Waals surface area contributed by atoms with Crippen molar-refractivity contribution in [3.05, 3.63) is 64.0 Å². The van der Waals surface area contributed by atoms with Crippen LogP contribution in [0.3, 0.4) is 0 Å². The standard InChI is InChI=1S/C23H24FN3O2S/c1-29-22-12-7-16(13-21(22)28)14-25-27-20(17-8-10-18(24)11-9-17)15-30-23(27)26-19-5-3-2-4-6-19/h7-15,19,28H,2-6H2,1H3. The van der Waals surface area contributed by atoms with Crippen LogP contribution in [0, 0.1) is 5.82 Å². The predicted molar refractivity (Wildman–Crippen MR) is 118 cm³/mol. The Morgan fingerprint density at radius 2 is 1.90 bits per heavy atom. The number of phenolic OH excluding ortho intramolecular Hbond substituents is 1. The molecule has 1 fully saturated rings. The molecule has 0 saturated heterocycles. The Bertz CT molecular complexity index is 1100. The Morgan fingerprint density at radius 3 is 2.60 bits per heavy atom. The zero-order chi connectivity index (χ0) is 20.9. The molecular formula is C23H24FN3O2S. The average molecular weight is 426 g/mol. The van der Waals surface area contributed by atoms with Gasteiger partial charge in [-0.2, -0.15) is 5.10 Å². The highest BCUT2D eigenvalue weighted by Gasteiger charge is 2.14. The molecule has 1 aromatic heterocycles. The van der Waals surface area contributed by atoms with Gasteiger partial charge in [0.15, 0.2) is 11.5 Å². The quantitative estimate of drug-likeness (QED) is 0.572.